The van der Waals surface area contributed by atoms with Crippen molar-refractivity contribution >= 4 is 11.6 Å². The number of rotatable bonds is 4. The molecule has 0 saturated carbocycles. The zero-order chi connectivity index (χ0) is 16.1. The summed E-state index contributed by atoms with van der Waals surface area (Å²) in [5.41, 5.74) is 3.41. The van der Waals surface area contributed by atoms with Crippen molar-refractivity contribution < 1.29 is 20.1 Å². The van der Waals surface area contributed by atoms with Gasteiger partial charge in [0.2, 0.25) is 0 Å². The van der Waals surface area contributed by atoms with Gasteiger partial charge in [0.1, 0.15) is 11.5 Å². The normalized spacial score (nSPS) is 12.7. The minimum Gasteiger partial charge on any atom is -0.508 e. The average molecular weight is 300 g/mol. The van der Waals surface area contributed by atoms with Gasteiger partial charge < -0.3 is 15.3 Å². The Balaban J connectivity index is 2.09. The molecule has 2 aromatic carbocycles. The van der Waals surface area contributed by atoms with Gasteiger partial charge in [-0.25, -0.2) is 5.43 Å². The van der Waals surface area contributed by atoms with Gasteiger partial charge in [-0.05, 0) is 24.6 Å². The highest BCUT2D eigenvalue weighted by Crippen LogP contribution is 2.23. The molecule has 0 fully saturated rings. The fourth-order valence-electron chi connectivity index (χ4n) is 1.87. The van der Waals surface area contributed by atoms with Crippen molar-refractivity contribution in [1.82, 2.24) is 5.43 Å². The number of phenolic OH excluding ortho intramolecular Hbond substituents is 2. The van der Waals surface area contributed by atoms with Crippen LogP contribution < -0.4 is 5.43 Å². The molecule has 2 rings (SSSR count). The van der Waals surface area contributed by atoms with Crippen molar-refractivity contribution in [3.8, 4) is 11.5 Å². The molecule has 1 amide bonds. The lowest BCUT2D eigenvalue weighted by Crippen LogP contribution is -2.26. The van der Waals surface area contributed by atoms with Crippen LogP contribution in [-0.2, 0) is 4.79 Å². The summed E-state index contributed by atoms with van der Waals surface area (Å²) in [5.74, 6) is -0.902. The van der Waals surface area contributed by atoms with Crippen LogP contribution in [0.25, 0.3) is 0 Å². The topological polar surface area (TPSA) is 102 Å². The van der Waals surface area contributed by atoms with Crippen molar-refractivity contribution in [2.75, 3.05) is 0 Å². The van der Waals surface area contributed by atoms with E-state index in [1.807, 2.05) is 0 Å². The summed E-state index contributed by atoms with van der Waals surface area (Å²) in [7, 11) is 0. The molecule has 0 bridgehead atoms. The molecule has 0 aliphatic rings. The third-order valence-corrected chi connectivity index (χ3v) is 3.07. The van der Waals surface area contributed by atoms with Gasteiger partial charge in [-0.2, -0.15) is 5.10 Å². The number of hydrogen-bond acceptors (Lipinski definition) is 5. The van der Waals surface area contributed by atoms with Gasteiger partial charge in [0.15, 0.2) is 6.10 Å². The zero-order valence-corrected chi connectivity index (χ0v) is 11.9. The maximum absolute atomic E-state index is 11.8. The molecular weight excluding hydrogens is 284 g/mol. The smallest absolute Gasteiger partial charge is 0.273 e. The predicted octanol–water partition coefficient (Wildman–Crippen LogP) is 1.67. The monoisotopic (exact) mass is 300 g/mol. The van der Waals surface area contributed by atoms with Crippen LogP contribution in [-0.4, -0.2) is 26.9 Å². The number of phenols is 2. The van der Waals surface area contributed by atoms with Crippen LogP contribution in [0.4, 0.5) is 0 Å². The standard InChI is InChI=1S/C16H16N2O4/c1-10(13-8-7-12(19)9-14(13)20)17-18-16(22)15(21)11-5-3-2-4-6-11/h2-9,15,19-21H,1H3,(H,18,22)/b17-10+. The maximum Gasteiger partial charge on any atom is 0.273 e. The van der Waals surface area contributed by atoms with E-state index in [9.17, 15) is 20.1 Å². The molecule has 114 valence electrons. The summed E-state index contributed by atoms with van der Waals surface area (Å²) in [4.78, 5) is 11.8. The highest BCUT2D eigenvalue weighted by atomic mass is 16.3. The number of carbonyl (C=O) groups excluding carboxylic acids is 1. The molecule has 4 N–H and O–H groups in total. The number of carbonyl (C=O) groups is 1. The van der Waals surface area contributed by atoms with Crippen LogP contribution in [0.1, 0.15) is 24.2 Å². The van der Waals surface area contributed by atoms with E-state index >= 15 is 0 Å². The Bertz CT molecular complexity index is 699. The summed E-state index contributed by atoms with van der Waals surface area (Å²) in [6, 6.07) is 12.5. The molecule has 0 spiro atoms. The van der Waals surface area contributed by atoms with Gasteiger partial charge in [-0.3, -0.25) is 4.79 Å². The first kappa shape index (κ1) is 15.5. The molecule has 0 aliphatic carbocycles. The third-order valence-electron chi connectivity index (χ3n) is 3.07. The number of nitrogens with one attached hydrogen (secondary N) is 1. The maximum atomic E-state index is 11.8. The molecule has 1 atom stereocenters. The molecule has 0 radical (unpaired) electrons. The number of nitrogens with zero attached hydrogens (tertiary/aromatic N) is 1. The number of benzene rings is 2. The fourth-order valence-corrected chi connectivity index (χ4v) is 1.87. The van der Waals surface area contributed by atoms with Crippen LogP contribution in [0.3, 0.4) is 0 Å². The molecule has 22 heavy (non-hydrogen) atoms. The second-order valence-electron chi connectivity index (χ2n) is 4.69. The summed E-state index contributed by atoms with van der Waals surface area (Å²) >= 11 is 0. The van der Waals surface area contributed by atoms with Crippen molar-refractivity contribution in [3.63, 3.8) is 0 Å². The first-order valence-electron chi connectivity index (χ1n) is 6.58. The summed E-state index contributed by atoms with van der Waals surface area (Å²) < 4.78 is 0. The Morgan fingerprint density at radius 3 is 2.45 bits per heavy atom. The zero-order valence-electron chi connectivity index (χ0n) is 11.9. The van der Waals surface area contributed by atoms with E-state index in [0.29, 0.717) is 16.8 Å². The number of aromatic hydroxyl groups is 2. The molecule has 0 saturated heterocycles. The molecule has 0 aromatic heterocycles. The molecular formula is C16H16N2O4. The predicted molar refractivity (Wildman–Crippen MR) is 81.5 cm³/mol. The van der Waals surface area contributed by atoms with Crippen LogP contribution in [0.15, 0.2) is 53.6 Å². The Morgan fingerprint density at radius 1 is 1.14 bits per heavy atom. The number of hydrogen-bond donors (Lipinski definition) is 4. The van der Waals surface area contributed by atoms with Gasteiger partial charge >= 0.3 is 0 Å². The first-order chi connectivity index (χ1) is 10.5. The van der Waals surface area contributed by atoms with Crippen molar-refractivity contribution in [1.29, 1.82) is 0 Å². The lowest BCUT2D eigenvalue weighted by molar-refractivity contribution is -0.129. The lowest BCUT2D eigenvalue weighted by atomic mass is 10.1. The van der Waals surface area contributed by atoms with Crippen molar-refractivity contribution in [3.05, 3.63) is 59.7 Å². The third kappa shape index (κ3) is 3.62. The number of aliphatic hydroxyl groups excluding tert-OH is 1. The SMILES string of the molecule is C/C(=N\NC(=O)C(O)c1ccccc1)c1ccc(O)cc1O. The summed E-state index contributed by atoms with van der Waals surface area (Å²) in [5, 5.41) is 32.7. The van der Waals surface area contributed by atoms with E-state index in [0.717, 1.165) is 0 Å². The van der Waals surface area contributed by atoms with E-state index in [2.05, 4.69) is 10.5 Å². The largest absolute Gasteiger partial charge is 0.508 e. The van der Waals surface area contributed by atoms with E-state index in [1.54, 1.807) is 37.3 Å². The average Bonchev–Trinajstić information content (AvgIpc) is 2.52. The molecule has 0 heterocycles. The van der Waals surface area contributed by atoms with Gasteiger partial charge in [0.05, 0.1) is 5.71 Å². The molecule has 2 aromatic rings. The van der Waals surface area contributed by atoms with E-state index < -0.39 is 12.0 Å². The molecule has 6 nitrogen and oxygen atoms in total. The summed E-state index contributed by atoms with van der Waals surface area (Å²) in [6.45, 7) is 1.58. The highest BCUT2D eigenvalue weighted by Gasteiger charge is 2.16. The number of amides is 1. The van der Waals surface area contributed by atoms with E-state index in [4.69, 9.17) is 0 Å². The van der Waals surface area contributed by atoms with Gasteiger partial charge in [-0.1, -0.05) is 30.3 Å². The van der Waals surface area contributed by atoms with Crippen LogP contribution in [0.2, 0.25) is 0 Å². The number of hydrazone groups is 1. The minimum atomic E-state index is -1.33. The van der Waals surface area contributed by atoms with E-state index in [-0.39, 0.29) is 11.5 Å². The Hall–Kier alpha value is -2.86. The van der Waals surface area contributed by atoms with Gasteiger partial charge in [-0.15, -0.1) is 0 Å². The quantitative estimate of drug-likeness (QED) is 0.509. The Morgan fingerprint density at radius 2 is 1.82 bits per heavy atom. The van der Waals surface area contributed by atoms with Crippen LogP contribution in [0, 0.1) is 0 Å². The second kappa shape index (κ2) is 6.73. The fraction of sp³-hybridized carbons (Fsp3) is 0.125. The number of aliphatic hydroxyl groups is 1. The Labute approximate surface area is 127 Å². The van der Waals surface area contributed by atoms with Crippen LogP contribution >= 0.6 is 0 Å². The minimum absolute atomic E-state index is 0.0717. The molecule has 1 unspecified atom stereocenters. The second-order valence-corrected chi connectivity index (χ2v) is 4.69. The molecule has 6 heteroatoms. The lowest BCUT2D eigenvalue weighted by Gasteiger charge is -2.10. The van der Waals surface area contributed by atoms with Gasteiger partial charge in [0.25, 0.3) is 5.91 Å². The van der Waals surface area contributed by atoms with Crippen molar-refractivity contribution in [2.24, 2.45) is 5.10 Å². The summed E-state index contributed by atoms with van der Waals surface area (Å²) in [6.07, 6.45) is -1.33. The first-order valence-corrected chi connectivity index (χ1v) is 6.58. The molecule has 0 aliphatic heterocycles. The van der Waals surface area contributed by atoms with Gasteiger partial charge in [0, 0.05) is 11.6 Å². The highest BCUT2D eigenvalue weighted by molar-refractivity contribution is 6.01. The Kier molecular flexibility index (Phi) is 4.75. The van der Waals surface area contributed by atoms with Crippen LogP contribution in [0.5, 0.6) is 11.5 Å². The van der Waals surface area contributed by atoms with Crippen molar-refractivity contribution in [2.45, 2.75) is 13.0 Å². The van der Waals surface area contributed by atoms with E-state index in [1.165, 1.54) is 18.2 Å².